The molecule has 80 valence electrons. The zero-order chi connectivity index (χ0) is 11.0. The first-order valence-corrected chi connectivity index (χ1v) is 5.96. The van der Waals surface area contributed by atoms with Gasteiger partial charge in [-0.2, -0.15) is 0 Å². The molecule has 15 heavy (non-hydrogen) atoms. The highest BCUT2D eigenvalue weighted by Crippen LogP contribution is 2.10. The van der Waals surface area contributed by atoms with E-state index in [0.29, 0.717) is 6.04 Å². The summed E-state index contributed by atoms with van der Waals surface area (Å²) in [6, 6.07) is 4.64. The summed E-state index contributed by atoms with van der Waals surface area (Å²) in [6.45, 7) is 7.26. The second kappa shape index (κ2) is 3.97. The lowest BCUT2D eigenvalue weighted by atomic mass is 10.1. The van der Waals surface area contributed by atoms with Gasteiger partial charge in [0, 0.05) is 21.9 Å². The SMILES string of the molecule is Cc1c(Br)ccc2c1=CN(C(C)C)CN=2. The Bertz CT molecular complexity index is 491. The molecule has 0 saturated carbocycles. The second-order valence-electron chi connectivity index (χ2n) is 4.14. The average Bonchev–Trinajstić information content (AvgIpc) is 2.23. The Labute approximate surface area is 98.4 Å². The van der Waals surface area contributed by atoms with Crippen LogP contribution in [-0.2, 0) is 0 Å². The predicted octanol–water partition coefficient (Wildman–Crippen LogP) is 1.80. The fourth-order valence-corrected chi connectivity index (χ4v) is 2.01. The van der Waals surface area contributed by atoms with Gasteiger partial charge in [0.1, 0.15) is 6.67 Å². The van der Waals surface area contributed by atoms with Gasteiger partial charge in [0.2, 0.25) is 0 Å². The summed E-state index contributed by atoms with van der Waals surface area (Å²) in [5.41, 5.74) is 1.27. The fraction of sp³-hybridized carbons (Fsp3) is 0.417. The molecule has 2 rings (SSSR count). The van der Waals surface area contributed by atoms with E-state index in [0.717, 1.165) is 16.5 Å². The molecule has 0 bridgehead atoms. The first-order valence-electron chi connectivity index (χ1n) is 5.17. The van der Waals surface area contributed by atoms with Gasteiger partial charge in [-0.3, -0.25) is 4.99 Å². The first-order chi connectivity index (χ1) is 7.09. The summed E-state index contributed by atoms with van der Waals surface area (Å²) in [4.78, 5) is 6.82. The summed E-state index contributed by atoms with van der Waals surface area (Å²) in [5.74, 6) is 0. The van der Waals surface area contributed by atoms with E-state index in [2.05, 4.69) is 64.9 Å². The van der Waals surface area contributed by atoms with E-state index < -0.39 is 0 Å². The van der Waals surface area contributed by atoms with Crippen molar-refractivity contribution in [3.63, 3.8) is 0 Å². The number of fused-ring (bicyclic) bond motifs is 1. The molecule has 0 N–H and O–H groups in total. The Kier molecular flexibility index (Phi) is 2.83. The minimum absolute atomic E-state index is 0.500. The molecule has 1 heterocycles. The van der Waals surface area contributed by atoms with Gasteiger partial charge in [-0.25, -0.2) is 0 Å². The maximum absolute atomic E-state index is 4.57. The molecule has 3 heteroatoms. The molecule has 2 nitrogen and oxygen atoms in total. The van der Waals surface area contributed by atoms with Crippen molar-refractivity contribution in [1.82, 2.24) is 4.90 Å². The smallest absolute Gasteiger partial charge is 0.110 e. The van der Waals surface area contributed by atoms with Crippen molar-refractivity contribution in [2.75, 3.05) is 6.67 Å². The van der Waals surface area contributed by atoms with Crippen LogP contribution in [0.5, 0.6) is 0 Å². The van der Waals surface area contributed by atoms with Gasteiger partial charge in [0.15, 0.2) is 0 Å². The van der Waals surface area contributed by atoms with Crippen LogP contribution in [0, 0.1) is 6.92 Å². The zero-order valence-corrected chi connectivity index (χ0v) is 10.9. The van der Waals surface area contributed by atoms with Crippen LogP contribution in [0.25, 0.3) is 6.20 Å². The van der Waals surface area contributed by atoms with Crippen molar-refractivity contribution in [1.29, 1.82) is 0 Å². The molecule has 1 aromatic carbocycles. The van der Waals surface area contributed by atoms with Gasteiger partial charge in [-0.1, -0.05) is 15.9 Å². The first kappa shape index (κ1) is 10.7. The molecule has 1 aromatic rings. The monoisotopic (exact) mass is 266 g/mol. The molecule has 0 fully saturated rings. The topological polar surface area (TPSA) is 15.6 Å². The van der Waals surface area contributed by atoms with Crippen LogP contribution in [0.4, 0.5) is 0 Å². The van der Waals surface area contributed by atoms with Crippen molar-refractivity contribution >= 4 is 22.1 Å². The lowest BCUT2D eigenvalue weighted by Crippen LogP contribution is -2.40. The van der Waals surface area contributed by atoms with Gasteiger partial charge in [-0.15, -0.1) is 0 Å². The number of hydrogen-bond acceptors (Lipinski definition) is 2. The summed E-state index contributed by atoms with van der Waals surface area (Å²) >= 11 is 3.55. The highest BCUT2D eigenvalue weighted by atomic mass is 79.9. The molecule has 0 saturated heterocycles. The van der Waals surface area contributed by atoms with Gasteiger partial charge in [-0.05, 0) is 38.5 Å². The molecular weight excluding hydrogens is 252 g/mol. The van der Waals surface area contributed by atoms with Crippen LogP contribution >= 0.6 is 15.9 Å². The van der Waals surface area contributed by atoms with Crippen LogP contribution in [0.15, 0.2) is 21.6 Å². The molecule has 1 aliphatic heterocycles. The van der Waals surface area contributed by atoms with E-state index >= 15 is 0 Å². The summed E-state index contributed by atoms with van der Waals surface area (Å²) in [6.07, 6.45) is 2.22. The van der Waals surface area contributed by atoms with Crippen LogP contribution in [0.1, 0.15) is 19.4 Å². The highest BCUT2D eigenvalue weighted by molar-refractivity contribution is 9.10. The lowest BCUT2D eigenvalue weighted by Gasteiger charge is -2.25. The third kappa shape index (κ3) is 1.93. The number of halogens is 1. The minimum Gasteiger partial charge on any atom is -0.355 e. The number of nitrogens with zero attached hydrogens (tertiary/aromatic N) is 2. The predicted molar refractivity (Wildman–Crippen MR) is 66.0 cm³/mol. The van der Waals surface area contributed by atoms with E-state index in [-0.39, 0.29) is 0 Å². The van der Waals surface area contributed by atoms with E-state index in [1.807, 2.05) is 0 Å². The Morgan fingerprint density at radius 2 is 2.13 bits per heavy atom. The number of benzene rings is 1. The third-order valence-electron chi connectivity index (χ3n) is 2.79. The Hall–Kier alpha value is -0.830. The van der Waals surface area contributed by atoms with Gasteiger partial charge in [0.05, 0.1) is 5.36 Å². The van der Waals surface area contributed by atoms with Crippen molar-refractivity contribution in [2.45, 2.75) is 26.8 Å². The lowest BCUT2D eigenvalue weighted by molar-refractivity contribution is 0.344. The molecule has 0 spiro atoms. The Balaban J connectivity index is 2.64. The van der Waals surface area contributed by atoms with Crippen LogP contribution in [-0.4, -0.2) is 17.6 Å². The standard InChI is InChI=1S/C12H15BrN2/c1-8(2)15-6-10-9(3)11(13)4-5-12(10)14-7-15/h4-6,8H,7H2,1-3H3. The van der Waals surface area contributed by atoms with Crippen molar-refractivity contribution in [3.05, 3.63) is 32.7 Å². The average molecular weight is 267 g/mol. The Morgan fingerprint density at radius 1 is 1.40 bits per heavy atom. The molecule has 1 aliphatic rings. The summed E-state index contributed by atoms with van der Waals surface area (Å²) in [5, 5.41) is 2.34. The van der Waals surface area contributed by atoms with Crippen LogP contribution < -0.4 is 10.6 Å². The fourth-order valence-electron chi connectivity index (χ4n) is 1.67. The number of rotatable bonds is 1. The maximum atomic E-state index is 4.57. The van der Waals surface area contributed by atoms with E-state index in [1.54, 1.807) is 0 Å². The Morgan fingerprint density at radius 3 is 2.80 bits per heavy atom. The molecule has 0 radical (unpaired) electrons. The van der Waals surface area contributed by atoms with E-state index in [1.165, 1.54) is 10.8 Å². The molecule has 0 atom stereocenters. The van der Waals surface area contributed by atoms with E-state index in [4.69, 9.17) is 0 Å². The van der Waals surface area contributed by atoms with Gasteiger partial charge < -0.3 is 4.90 Å². The van der Waals surface area contributed by atoms with E-state index in [9.17, 15) is 0 Å². The molecule has 0 amide bonds. The molecule has 0 aliphatic carbocycles. The molecule has 0 aromatic heterocycles. The van der Waals surface area contributed by atoms with Gasteiger partial charge in [0.25, 0.3) is 0 Å². The maximum Gasteiger partial charge on any atom is 0.110 e. The minimum atomic E-state index is 0.500. The molecule has 0 unspecified atom stereocenters. The molecular formula is C12H15BrN2. The summed E-state index contributed by atoms with van der Waals surface area (Å²) in [7, 11) is 0. The van der Waals surface area contributed by atoms with Crippen molar-refractivity contribution < 1.29 is 0 Å². The van der Waals surface area contributed by atoms with Crippen LogP contribution in [0.2, 0.25) is 0 Å². The van der Waals surface area contributed by atoms with Crippen LogP contribution in [0.3, 0.4) is 0 Å². The normalized spacial score (nSPS) is 14.6. The number of hydrogen-bond donors (Lipinski definition) is 0. The quantitative estimate of drug-likeness (QED) is 0.757. The second-order valence-corrected chi connectivity index (χ2v) is 5.00. The highest BCUT2D eigenvalue weighted by Gasteiger charge is 2.09. The third-order valence-corrected chi connectivity index (χ3v) is 3.65. The van der Waals surface area contributed by atoms with Crippen molar-refractivity contribution in [3.8, 4) is 0 Å². The van der Waals surface area contributed by atoms with Gasteiger partial charge >= 0.3 is 0 Å². The zero-order valence-electron chi connectivity index (χ0n) is 9.29. The summed E-state index contributed by atoms with van der Waals surface area (Å²) < 4.78 is 1.15. The van der Waals surface area contributed by atoms with Crippen molar-refractivity contribution in [2.24, 2.45) is 4.99 Å². The largest absolute Gasteiger partial charge is 0.355 e.